The Morgan fingerprint density at radius 2 is 2.00 bits per heavy atom. The van der Waals surface area contributed by atoms with Crippen LogP contribution in [0.3, 0.4) is 0 Å². The van der Waals surface area contributed by atoms with Crippen molar-refractivity contribution < 1.29 is 13.9 Å². The Labute approximate surface area is 145 Å². The summed E-state index contributed by atoms with van der Waals surface area (Å²) in [6.45, 7) is 3.74. The Morgan fingerprint density at radius 3 is 2.60 bits per heavy atom. The van der Waals surface area contributed by atoms with Crippen LogP contribution in [0, 0.1) is 16.6 Å². The largest absolute Gasteiger partial charge is 0.481 e. The molecule has 0 saturated carbocycles. The fourth-order valence-corrected chi connectivity index (χ4v) is 3.47. The molecule has 1 aromatic rings. The average molecular weight is 347 g/mol. The lowest BCUT2D eigenvalue weighted by Crippen LogP contribution is -2.39. The van der Waals surface area contributed by atoms with Gasteiger partial charge in [0, 0.05) is 5.41 Å². The predicted octanol–water partition coefficient (Wildman–Crippen LogP) is 1.99. The number of carbonyl (C=O) groups is 1. The molecule has 0 unspecified atom stereocenters. The summed E-state index contributed by atoms with van der Waals surface area (Å²) in [6, 6.07) is 2.40. The van der Waals surface area contributed by atoms with Gasteiger partial charge in [0.25, 0.3) is 5.91 Å². The fraction of sp³-hybridized carbons (Fsp3) is 0.412. The summed E-state index contributed by atoms with van der Waals surface area (Å²) in [5.41, 5.74) is 6.65. The molecule has 1 saturated heterocycles. The monoisotopic (exact) mass is 347 g/mol. The minimum atomic E-state index is -0.720. The van der Waals surface area contributed by atoms with Crippen LogP contribution in [0.25, 0.3) is 0 Å². The molecule has 2 aliphatic heterocycles. The van der Waals surface area contributed by atoms with Crippen molar-refractivity contribution in [2.75, 3.05) is 30.8 Å². The van der Waals surface area contributed by atoms with Crippen molar-refractivity contribution in [3.05, 3.63) is 34.9 Å². The maximum atomic E-state index is 13.8. The summed E-state index contributed by atoms with van der Waals surface area (Å²) in [6.07, 6.45) is 1.66. The lowest BCUT2D eigenvalue weighted by molar-refractivity contribution is 0.100. The van der Waals surface area contributed by atoms with E-state index in [4.69, 9.17) is 15.9 Å². The highest BCUT2D eigenvalue weighted by molar-refractivity contribution is 6.05. The van der Waals surface area contributed by atoms with E-state index in [9.17, 15) is 9.18 Å². The molecule has 0 atom stereocenters. The van der Waals surface area contributed by atoms with Crippen molar-refractivity contribution in [1.82, 2.24) is 5.32 Å². The molecular weight excluding hydrogens is 325 g/mol. The van der Waals surface area contributed by atoms with E-state index in [2.05, 4.69) is 22.9 Å². The third-order valence-electron chi connectivity index (χ3n) is 4.87. The molecule has 6 N–H and O–H groups in total. The van der Waals surface area contributed by atoms with Crippen LogP contribution in [0.2, 0.25) is 0 Å². The summed E-state index contributed by atoms with van der Waals surface area (Å²) < 4.78 is 19.0. The number of primary amides is 1. The normalized spacial score (nSPS) is 20.1. The maximum absolute atomic E-state index is 13.8. The number of carbonyl (C=O) groups excluding carboxylic acids is 1. The Morgan fingerprint density at radius 1 is 1.32 bits per heavy atom. The number of benzene rings is 1. The zero-order valence-corrected chi connectivity index (χ0v) is 14.3. The molecule has 0 aromatic heterocycles. The van der Waals surface area contributed by atoms with E-state index in [0.717, 1.165) is 32.0 Å². The van der Waals surface area contributed by atoms with Gasteiger partial charge in [-0.15, -0.1) is 0 Å². The van der Waals surface area contributed by atoms with Crippen molar-refractivity contribution in [2.45, 2.75) is 19.8 Å². The number of anilines is 2. The molecule has 25 heavy (non-hydrogen) atoms. The molecule has 1 fully saturated rings. The van der Waals surface area contributed by atoms with Gasteiger partial charge in [-0.25, -0.2) is 4.39 Å². The van der Waals surface area contributed by atoms with Gasteiger partial charge in [0.15, 0.2) is 0 Å². The van der Waals surface area contributed by atoms with Gasteiger partial charge in [0.1, 0.15) is 11.6 Å². The summed E-state index contributed by atoms with van der Waals surface area (Å²) in [4.78, 5) is 11.6. The molecule has 8 heteroatoms. The first-order chi connectivity index (χ1) is 11.9. The lowest BCUT2D eigenvalue weighted by atomic mass is 9.74. The number of fused-ring (bicyclic) bond motifs is 1. The topological polar surface area (TPSA) is 112 Å². The highest BCUT2D eigenvalue weighted by Crippen LogP contribution is 2.43. The Kier molecular flexibility index (Phi) is 4.38. The SMILES string of the molecule is COC(=N)/C(=C1/Nc2cc(F)cc(C(N)=O)c2N1)C1(C)CCNCC1. The Balaban J connectivity index is 2.09. The second-order valence-corrected chi connectivity index (χ2v) is 6.58. The van der Waals surface area contributed by atoms with Gasteiger partial charge in [-0.1, -0.05) is 6.92 Å². The Hall–Kier alpha value is -2.61. The molecular formula is C17H22FN5O2. The molecule has 2 heterocycles. The first-order valence-corrected chi connectivity index (χ1v) is 8.11. The van der Waals surface area contributed by atoms with Gasteiger partial charge < -0.3 is 26.4 Å². The van der Waals surface area contributed by atoms with E-state index >= 15 is 0 Å². The van der Waals surface area contributed by atoms with Crippen LogP contribution in [0.5, 0.6) is 0 Å². The van der Waals surface area contributed by atoms with Crippen molar-refractivity contribution in [1.29, 1.82) is 5.41 Å². The second kappa shape index (κ2) is 6.36. The van der Waals surface area contributed by atoms with Crippen LogP contribution in [-0.2, 0) is 4.74 Å². The van der Waals surface area contributed by atoms with E-state index in [1.807, 2.05) is 0 Å². The summed E-state index contributed by atoms with van der Waals surface area (Å²) in [5, 5.41) is 17.8. The van der Waals surface area contributed by atoms with Gasteiger partial charge in [0.2, 0.25) is 5.90 Å². The highest BCUT2D eigenvalue weighted by Gasteiger charge is 2.38. The molecule has 2 aliphatic rings. The molecule has 7 nitrogen and oxygen atoms in total. The van der Waals surface area contributed by atoms with Crippen LogP contribution in [0.4, 0.5) is 15.8 Å². The van der Waals surface area contributed by atoms with E-state index in [0.29, 0.717) is 22.8 Å². The first kappa shape index (κ1) is 17.2. The van der Waals surface area contributed by atoms with Crippen molar-refractivity contribution in [3.63, 3.8) is 0 Å². The number of hydrogen-bond donors (Lipinski definition) is 5. The minimum Gasteiger partial charge on any atom is -0.481 e. The number of nitrogens with one attached hydrogen (secondary N) is 4. The maximum Gasteiger partial charge on any atom is 0.250 e. The summed E-state index contributed by atoms with van der Waals surface area (Å²) >= 11 is 0. The van der Waals surface area contributed by atoms with Crippen LogP contribution >= 0.6 is 0 Å². The molecule has 1 amide bonds. The van der Waals surface area contributed by atoms with E-state index < -0.39 is 11.7 Å². The highest BCUT2D eigenvalue weighted by atomic mass is 19.1. The third kappa shape index (κ3) is 3.05. The van der Waals surface area contributed by atoms with E-state index in [1.165, 1.54) is 13.2 Å². The zero-order chi connectivity index (χ0) is 18.2. The molecule has 0 spiro atoms. The number of amides is 1. The quantitative estimate of drug-likeness (QED) is 0.424. The van der Waals surface area contributed by atoms with E-state index in [-0.39, 0.29) is 16.9 Å². The number of nitrogens with two attached hydrogens (primary N) is 1. The molecule has 0 radical (unpaired) electrons. The number of hydrogen-bond acceptors (Lipinski definition) is 6. The molecule has 0 bridgehead atoms. The minimum absolute atomic E-state index is 0.0355. The number of halogens is 1. The fourth-order valence-electron chi connectivity index (χ4n) is 3.47. The second-order valence-electron chi connectivity index (χ2n) is 6.58. The lowest BCUT2D eigenvalue weighted by Gasteiger charge is -2.36. The number of piperidine rings is 1. The smallest absolute Gasteiger partial charge is 0.250 e. The van der Waals surface area contributed by atoms with Crippen LogP contribution in [-0.4, -0.2) is 32.0 Å². The van der Waals surface area contributed by atoms with Gasteiger partial charge in [-0.3, -0.25) is 10.2 Å². The molecule has 134 valence electrons. The molecule has 3 rings (SSSR count). The number of methoxy groups -OCH3 is 1. The van der Waals surface area contributed by atoms with Gasteiger partial charge in [-0.05, 0) is 38.1 Å². The molecule has 1 aromatic carbocycles. The van der Waals surface area contributed by atoms with Gasteiger partial charge >= 0.3 is 0 Å². The standard InChI is InChI=1S/C17H22FN5O2/c1-17(3-5-21-6-4-17)12(15(20)25-2)16-22-11-8-9(18)7-10(14(19)24)13(11)23-16/h7-8,20-23H,3-6H2,1-2H3,(H2,19,24)/b16-12+,20-15?. The first-order valence-electron chi connectivity index (χ1n) is 8.11. The molecule has 0 aliphatic carbocycles. The third-order valence-corrected chi connectivity index (χ3v) is 4.87. The zero-order valence-electron chi connectivity index (χ0n) is 14.3. The van der Waals surface area contributed by atoms with Gasteiger partial charge in [0.05, 0.1) is 29.6 Å². The number of rotatable bonds is 3. The summed E-state index contributed by atoms with van der Waals surface area (Å²) in [5.74, 6) is -0.713. The van der Waals surface area contributed by atoms with Crippen molar-refractivity contribution >= 4 is 23.2 Å². The van der Waals surface area contributed by atoms with Crippen LogP contribution in [0.1, 0.15) is 30.1 Å². The van der Waals surface area contributed by atoms with Crippen LogP contribution in [0.15, 0.2) is 23.5 Å². The number of ether oxygens (including phenoxy) is 1. The predicted molar refractivity (Wildman–Crippen MR) is 94.1 cm³/mol. The van der Waals surface area contributed by atoms with Crippen LogP contribution < -0.4 is 21.7 Å². The van der Waals surface area contributed by atoms with E-state index in [1.54, 1.807) is 0 Å². The average Bonchev–Trinajstić information content (AvgIpc) is 2.97. The van der Waals surface area contributed by atoms with Crippen molar-refractivity contribution in [3.8, 4) is 0 Å². The van der Waals surface area contributed by atoms with Gasteiger partial charge in [-0.2, -0.15) is 0 Å². The Bertz CT molecular complexity index is 769. The van der Waals surface area contributed by atoms with Crippen molar-refractivity contribution in [2.24, 2.45) is 11.1 Å². The summed E-state index contributed by atoms with van der Waals surface area (Å²) in [7, 11) is 1.45.